The summed E-state index contributed by atoms with van der Waals surface area (Å²) >= 11 is 0. The summed E-state index contributed by atoms with van der Waals surface area (Å²) in [7, 11) is 0. The van der Waals surface area contributed by atoms with Gasteiger partial charge in [-0.3, -0.25) is 0 Å². The Kier molecular flexibility index (Phi) is 6.96. The van der Waals surface area contributed by atoms with Crippen LogP contribution < -0.4 is 0 Å². The highest BCUT2D eigenvalue weighted by Crippen LogP contribution is 2.49. The molecule has 0 amide bonds. The van der Waals surface area contributed by atoms with Crippen molar-refractivity contribution < 1.29 is 4.79 Å². The van der Waals surface area contributed by atoms with E-state index in [4.69, 9.17) is 0 Å². The van der Waals surface area contributed by atoms with Gasteiger partial charge in [0.2, 0.25) is 0 Å². The van der Waals surface area contributed by atoms with Crippen molar-refractivity contribution in [1.29, 1.82) is 0 Å². The molecule has 0 aromatic rings. The average molecular weight is 252 g/mol. The molecule has 1 rings (SSSR count). The van der Waals surface area contributed by atoms with E-state index in [-0.39, 0.29) is 0 Å². The monoisotopic (exact) mass is 252 g/mol. The molecule has 1 heteroatoms. The maximum absolute atomic E-state index is 11.1. The van der Waals surface area contributed by atoms with E-state index in [9.17, 15) is 4.79 Å². The van der Waals surface area contributed by atoms with E-state index in [0.29, 0.717) is 11.3 Å². The van der Waals surface area contributed by atoms with Crippen molar-refractivity contribution in [2.24, 2.45) is 17.3 Å². The molecule has 0 radical (unpaired) electrons. The van der Waals surface area contributed by atoms with E-state index < -0.39 is 0 Å². The molecule has 1 aliphatic carbocycles. The van der Waals surface area contributed by atoms with E-state index in [2.05, 4.69) is 20.8 Å². The van der Waals surface area contributed by atoms with Crippen molar-refractivity contribution in [1.82, 2.24) is 0 Å². The Balaban J connectivity index is 2.77. The minimum atomic E-state index is 0.499. The number of unbranched alkanes of at least 4 members (excludes halogenated alkanes) is 1. The summed E-state index contributed by atoms with van der Waals surface area (Å²) < 4.78 is 0. The van der Waals surface area contributed by atoms with Crippen LogP contribution in [0.5, 0.6) is 0 Å². The van der Waals surface area contributed by atoms with E-state index >= 15 is 0 Å². The number of carbonyl (C=O) groups is 1. The molecule has 0 aliphatic heterocycles. The second-order valence-electron chi connectivity index (χ2n) is 6.76. The van der Waals surface area contributed by atoms with Gasteiger partial charge in [0.05, 0.1) is 0 Å². The predicted molar refractivity (Wildman–Crippen MR) is 78.7 cm³/mol. The highest BCUT2D eigenvalue weighted by molar-refractivity contribution is 5.50. The minimum Gasteiger partial charge on any atom is -0.303 e. The van der Waals surface area contributed by atoms with E-state index in [1.807, 2.05) is 0 Å². The van der Waals surface area contributed by atoms with Crippen LogP contribution in [-0.4, -0.2) is 6.29 Å². The standard InChI is InChI=1S/C17H32O/c1-4-5-10-17(11-7-6-8-12-17)16(9-13-18)14-15(2)3/h13,15-16H,4-12,14H2,1-3H3. The summed E-state index contributed by atoms with van der Waals surface area (Å²) in [6.07, 6.45) is 14.1. The molecule has 1 fully saturated rings. The molecule has 0 saturated heterocycles. The largest absolute Gasteiger partial charge is 0.303 e. The van der Waals surface area contributed by atoms with Crippen LogP contribution in [0.3, 0.4) is 0 Å². The third-order valence-electron chi connectivity index (χ3n) is 4.88. The molecule has 0 spiro atoms. The van der Waals surface area contributed by atoms with Gasteiger partial charge in [0.25, 0.3) is 0 Å². The van der Waals surface area contributed by atoms with Crippen molar-refractivity contribution in [2.75, 3.05) is 0 Å². The quantitative estimate of drug-likeness (QED) is 0.530. The van der Waals surface area contributed by atoms with Crippen LogP contribution in [0.25, 0.3) is 0 Å². The lowest BCUT2D eigenvalue weighted by Crippen LogP contribution is -2.34. The molecule has 0 N–H and O–H groups in total. The molecule has 0 bridgehead atoms. The molecule has 0 heterocycles. The van der Waals surface area contributed by atoms with Crippen LogP contribution >= 0.6 is 0 Å². The molecule has 18 heavy (non-hydrogen) atoms. The normalized spacial score (nSPS) is 20.9. The molecule has 0 aromatic heterocycles. The van der Waals surface area contributed by atoms with E-state index in [0.717, 1.165) is 12.3 Å². The predicted octanol–water partition coefficient (Wildman–Crippen LogP) is 5.38. The second kappa shape index (κ2) is 7.96. The topological polar surface area (TPSA) is 17.1 Å². The van der Waals surface area contributed by atoms with Gasteiger partial charge in [-0.15, -0.1) is 0 Å². The van der Waals surface area contributed by atoms with Gasteiger partial charge in [0, 0.05) is 6.42 Å². The molecule has 106 valence electrons. The van der Waals surface area contributed by atoms with Crippen LogP contribution in [0.4, 0.5) is 0 Å². The van der Waals surface area contributed by atoms with Crippen molar-refractivity contribution in [3.05, 3.63) is 0 Å². The summed E-state index contributed by atoms with van der Waals surface area (Å²) in [5, 5.41) is 0. The number of hydrogen-bond donors (Lipinski definition) is 0. The third kappa shape index (κ3) is 4.40. The zero-order chi connectivity index (χ0) is 13.4. The van der Waals surface area contributed by atoms with E-state index in [1.165, 1.54) is 64.1 Å². The van der Waals surface area contributed by atoms with Gasteiger partial charge >= 0.3 is 0 Å². The van der Waals surface area contributed by atoms with Gasteiger partial charge in [-0.05, 0) is 42.9 Å². The summed E-state index contributed by atoms with van der Waals surface area (Å²) in [5.41, 5.74) is 0.499. The van der Waals surface area contributed by atoms with Crippen molar-refractivity contribution >= 4 is 6.29 Å². The number of carbonyl (C=O) groups excluding carboxylic acids is 1. The van der Waals surface area contributed by atoms with Gasteiger partial charge in [-0.25, -0.2) is 0 Å². The van der Waals surface area contributed by atoms with Crippen LogP contribution in [0, 0.1) is 17.3 Å². The van der Waals surface area contributed by atoms with Crippen molar-refractivity contribution in [3.63, 3.8) is 0 Å². The fourth-order valence-electron chi connectivity index (χ4n) is 3.93. The molecule has 1 unspecified atom stereocenters. The lowest BCUT2D eigenvalue weighted by molar-refractivity contribution is -0.110. The summed E-state index contributed by atoms with van der Waals surface area (Å²) in [5.74, 6) is 1.36. The summed E-state index contributed by atoms with van der Waals surface area (Å²) in [6.45, 7) is 6.88. The first-order valence-corrected chi connectivity index (χ1v) is 8.08. The maximum atomic E-state index is 11.1. The van der Waals surface area contributed by atoms with Crippen molar-refractivity contribution in [3.8, 4) is 0 Å². The molecule has 1 atom stereocenters. The lowest BCUT2D eigenvalue weighted by atomic mass is 9.61. The van der Waals surface area contributed by atoms with Gasteiger partial charge in [0.15, 0.2) is 0 Å². The number of hydrogen-bond acceptors (Lipinski definition) is 1. The number of rotatable bonds is 8. The fourth-order valence-corrected chi connectivity index (χ4v) is 3.93. The zero-order valence-electron chi connectivity index (χ0n) is 12.7. The van der Waals surface area contributed by atoms with Gasteiger partial charge in [0.1, 0.15) is 6.29 Å². The Morgan fingerprint density at radius 3 is 2.33 bits per heavy atom. The first kappa shape index (κ1) is 15.7. The smallest absolute Gasteiger partial charge is 0.120 e. The Labute approximate surface area is 114 Å². The van der Waals surface area contributed by atoms with Crippen LogP contribution in [0.15, 0.2) is 0 Å². The van der Waals surface area contributed by atoms with Crippen molar-refractivity contribution in [2.45, 2.75) is 85.0 Å². The highest BCUT2D eigenvalue weighted by Gasteiger charge is 2.38. The van der Waals surface area contributed by atoms with Crippen LogP contribution in [0.2, 0.25) is 0 Å². The van der Waals surface area contributed by atoms with Gasteiger partial charge < -0.3 is 4.79 Å². The Hall–Kier alpha value is -0.330. The second-order valence-corrected chi connectivity index (χ2v) is 6.76. The first-order valence-electron chi connectivity index (χ1n) is 8.08. The third-order valence-corrected chi connectivity index (χ3v) is 4.88. The van der Waals surface area contributed by atoms with Crippen LogP contribution in [-0.2, 0) is 4.79 Å². The molecule has 1 nitrogen and oxygen atoms in total. The summed E-state index contributed by atoms with van der Waals surface area (Å²) in [4.78, 5) is 11.1. The SMILES string of the molecule is CCCCC1(C(CC=O)CC(C)C)CCCCC1. The first-order chi connectivity index (χ1) is 8.64. The molecule has 0 aromatic carbocycles. The Morgan fingerprint density at radius 2 is 1.83 bits per heavy atom. The highest BCUT2D eigenvalue weighted by atomic mass is 16.1. The molecular weight excluding hydrogens is 220 g/mol. The Morgan fingerprint density at radius 1 is 1.17 bits per heavy atom. The zero-order valence-corrected chi connectivity index (χ0v) is 12.7. The average Bonchev–Trinajstić information content (AvgIpc) is 2.36. The fraction of sp³-hybridized carbons (Fsp3) is 0.941. The molecule has 1 saturated carbocycles. The molecular formula is C17H32O. The maximum Gasteiger partial charge on any atom is 0.120 e. The number of aldehydes is 1. The van der Waals surface area contributed by atoms with E-state index in [1.54, 1.807) is 0 Å². The Bertz CT molecular complexity index is 226. The van der Waals surface area contributed by atoms with Crippen LogP contribution in [0.1, 0.15) is 85.0 Å². The summed E-state index contributed by atoms with van der Waals surface area (Å²) in [6, 6.07) is 0. The van der Waals surface area contributed by atoms with Gasteiger partial charge in [-0.1, -0.05) is 52.9 Å². The minimum absolute atomic E-state index is 0.499. The molecule has 1 aliphatic rings. The lowest BCUT2D eigenvalue weighted by Gasteiger charge is -2.44. The van der Waals surface area contributed by atoms with Gasteiger partial charge in [-0.2, -0.15) is 0 Å².